The second kappa shape index (κ2) is 6.15. The lowest BCUT2D eigenvalue weighted by Gasteiger charge is -2.34. The Morgan fingerprint density at radius 2 is 1.05 bits per heavy atom. The van der Waals surface area contributed by atoms with Crippen LogP contribution in [0.2, 0.25) is 0 Å². The van der Waals surface area contributed by atoms with Crippen LogP contribution in [0.3, 0.4) is 0 Å². The van der Waals surface area contributed by atoms with Crippen molar-refractivity contribution >= 4 is 11.8 Å². The molecule has 3 aliphatic rings. The molecule has 2 amide bonds. The summed E-state index contributed by atoms with van der Waals surface area (Å²) in [7, 11) is 0. The summed E-state index contributed by atoms with van der Waals surface area (Å²) in [6, 6.07) is 0. The monoisotopic (exact) mass is 278 g/mol. The Bertz CT molecular complexity index is 363. The van der Waals surface area contributed by atoms with E-state index >= 15 is 0 Å². The molecule has 20 heavy (non-hydrogen) atoms. The summed E-state index contributed by atoms with van der Waals surface area (Å²) >= 11 is 0. The summed E-state index contributed by atoms with van der Waals surface area (Å²) < 4.78 is 0. The molecule has 4 nitrogen and oxygen atoms in total. The molecule has 0 aromatic rings. The second-order valence-corrected chi connectivity index (χ2v) is 6.61. The van der Waals surface area contributed by atoms with Crippen LogP contribution in [0.15, 0.2) is 0 Å². The standard InChI is InChI=1S/C16H26N2O2/c19-15(13-5-6-13)18-11-7-14(8-12-18)16(20)17-9-3-1-2-4-10-17/h13-14H,1-12H2. The zero-order valence-corrected chi connectivity index (χ0v) is 12.4. The van der Waals surface area contributed by atoms with E-state index in [1.54, 1.807) is 0 Å². The average Bonchev–Trinajstić information content (AvgIpc) is 3.32. The molecular formula is C16H26N2O2. The second-order valence-electron chi connectivity index (χ2n) is 6.61. The predicted molar refractivity (Wildman–Crippen MR) is 77.1 cm³/mol. The Hall–Kier alpha value is -1.06. The fraction of sp³-hybridized carbons (Fsp3) is 0.875. The molecule has 0 aromatic heterocycles. The van der Waals surface area contributed by atoms with Gasteiger partial charge >= 0.3 is 0 Å². The summed E-state index contributed by atoms with van der Waals surface area (Å²) in [4.78, 5) is 28.6. The zero-order valence-electron chi connectivity index (χ0n) is 12.4. The number of likely N-dealkylation sites (tertiary alicyclic amines) is 2. The van der Waals surface area contributed by atoms with Crippen molar-refractivity contribution in [2.24, 2.45) is 11.8 Å². The third kappa shape index (κ3) is 3.15. The fourth-order valence-electron chi connectivity index (χ4n) is 3.48. The molecule has 2 saturated heterocycles. The van der Waals surface area contributed by atoms with Crippen molar-refractivity contribution in [3.63, 3.8) is 0 Å². The maximum atomic E-state index is 12.6. The number of amides is 2. The van der Waals surface area contributed by atoms with Gasteiger partial charge in [-0.05, 0) is 38.5 Å². The van der Waals surface area contributed by atoms with Crippen LogP contribution in [-0.4, -0.2) is 47.8 Å². The highest BCUT2D eigenvalue weighted by Crippen LogP contribution is 2.32. The van der Waals surface area contributed by atoms with E-state index in [0.717, 1.165) is 64.7 Å². The minimum absolute atomic E-state index is 0.163. The van der Waals surface area contributed by atoms with Gasteiger partial charge in [-0.2, -0.15) is 0 Å². The van der Waals surface area contributed by atoms with Crippen molar-refractivity contribution in [1.82, 2.24) is 9.80 Å². The molecule has 0 atom stereocenters. The van der Waals surface area contributed by atoms with Gasteiger partial charge in [-0.1, -0.05) is 12.8 Å². The number of hydrogen-bond donors (Lipinski definition) is 0. The van der Waals surface area contributed by atoms with Gasteiger partial charge in [-0.3, -0.25) is 9.59 Å². The molecule has 0 N–H and O–H groups in total. The van der Waals surface area contributed by atoms with Crippen molar-refractivity contribution in [2.75, 3.05) is 26.2 Å². The summed E-state index contributed by atoms with van der Waals surface area (Å²) in [5.41, 5.74) is 0. The molecule has 2 heterocycles. The van der Waals surface area contributed by atoms with Gasteiger partial charge in [-0.15, -0.1) is 0 Å². The molecule has 1 saturated carbocycles. The molecule has 1 aliphatic carbocycles. The quantitative estimate of drug-likeness (QED) is 0.775. The third-order valence-electron chi connectivity index (χ3n) is 5.00. The normalized spacial score (nSPS) is 25.4. The number of carbonyl (C=O) groups excluding carboxylic acids is 2. The van der Waals surface area contributed by atoms with E-state index in [0.29, 0.717) is 17.7 Å². The highest BCUT2D eigenvalue weighted by atomic mass is 16.2. The van der Waals surface area contributed by atoms with Crippen molar-refractivity contribution in [2.45, 2.75) is 51.4 Å². The summed E-state index contributed by atoms with van der Waals surface area (Å²) in [5, 5.41) is 0. The van der Waals surface area contributed by atoms with E-state index in [2.05, 4.69) is 4.90 Å². The van der Waals surface area contributed by atoms with Gasteiger partial charge in [0, 0.05) is 38.0 Å². The number of piperidine rings is 1. The Balaban J connectivity index is 1.49. The Labute approximate surface area is 121 Å². The van der Waals surface area contributed by atoms with E-state index in [4.69, 9.17) is 0 Å². The number of carbonyl (C=O) groups is 2. The zero-order chi connectivity index (χ0) is 13.9. The van der Waals surface area contributed by atoms with Gasteiger partial charge in [0.15, 0.2) is 0 Å². The molecule has 3 fully saturated rings. The van der Waals surface area contributed by atoms with E-state index in [1.165, 1.54) is 12.8 Å². The maximum absolute atomic E-state index is 12.6. The van der Waals surface area contributed by atoms with Crippen molar-refractivity contribution in [3.8, 4) is 0 Å². The molecule has 0 bridgehead atoms. The molecule has 0 aromatic carbocycles. The lowest BCUT2D eigenvalue weighted by atomic mass is 9.95. The van der Waals surface area contributed by atoms with E-state index < -0.39 is 0 Å². The highest BCUT2D eigenvalue weighted by molar-refractivity contribution is 5.82. The lowest BCUT2D eigenvalue weighted by molar-refractivity contribution is -0.141. The van der Waals surface area contributed by atoms with Crippen LogP contribution in [0.4, 0.5) is 0 Å². The largest absolute Gasteiger partial charge is 0.342 e. The van der Waals surface area contributed by atoms with Crippen molar-refractivity contribution < 1.29 is 9.59 Å². The van der Waals surface area contributed by atoms with Crippen LogP contribution in [0, 0.1) is 11.8 Å². The van der Waals surface area contributed by atoms with Crippen LogP contribution in [0.25, 0.3) is 0 Å². The van der Waals surface area contributed by atoms with Gasteiger partial charge in [0.1, 0.15) is 0 Å². The first-order chi connectivity index (χ1) is 9.75. The van der Waals surface area contributed by atoms with Crippen LogP contribution in [0.1, 0.15) is 51.4 Å². The Morgan fingerprint density at radius 3 is 1.55 bits per heavy atom. The van der Waals surface area contributed by atoms with Crippen LogP contribution >= 0.6 is 0 Å². The van der Waals surface area contributed by atoms with Crippen molar-refractivity contribution in [3.05, 3.63) is 0 Å². The first-order valence-corrected chi connectivity index (χ1v) is 8.33. The van der Waals surface area contributed by atoms with E-state index in [9.17, 15) is 9.59 Å². The molecule has 3 rings (SSSR count). The molecule has 0 spiro atoms. The van der Waals surface area contributed by atoms with E-state index in [1.807, 2.05) is 4.90 Å². The maximum Gasteiger partial charge on any atom is 0.225 e. The van der Waals surface area contributed by atoms with Crippen LogP contribution in [-0.2, 0) is 9.59 Å². The number of nitrogens with zero attached hydrogens (tertiary/aromatic N) is 2. The van der Waals surface area contributed by atoms with Crippen LogP contribution < -0.4 is 0 Å². The molecule has 0 unspecified atom stereocenters. The van der Waals surface area contributed by atoms with Gasteiger partial charge < -0.3 is 9.80 Å². The summed E-state index contributed by atoms with van der Waals surface area (Å²) in [5.74, 6) is 1.17. The minimum atomic E-state index is 0.163. The number of hydrogen-bond acceptors (Lipinski definition) is 2. The van der Waals surface area contributed by atoms with Gasteiger partial charge in [0.25, 0.3) is 0 Å². The molecule has 2 aliphatic heterocycles. The Kier molecular flexibility index (Phi) is 4.27. The van der Waals surface area contributed by atoms with Gasteiger partial charge in [-0.25, -0.2) is 0 Å². The molecule has 0 radical (unpaired) electrons. The summed E-state index contributed by atoms with van der Waals surface area (Å²) in [6.45, 7) is 3.47. The van der Waals surface area contributed by atoms with E-state index in [-0.39, 0.29) is 5.92 Å². The molecule has 112 valence electrons. The smallest absolute Gasteiger partial charge is 0.225 e. The third-order valence-corrected chi connectivity index (χ3v) is 5.00. The molecule has 4 heteroatoms. The van der Waals surface area contributed by atoms with Crippen molar-refractivity contribution in [1.29, 1.82) is 0 Å². The fourth-order valence-corrected chi connectivity index (χ4v) is 3.48. The average molecular weight is 278 g/mol. The van der Waals surface area contributed by atoms with Gasteiger partial charge in [0.05, 0.1) is 0 Å². The molecular weight excluding hydrogens is 252 g/mol. The number of rotatable bonds is 2. The SMILES string of the molecule is O=C(C1CCN(C(=O)C2CC2)CC1)N1CCCCCC1. The lowest BCUT2D eigenvalue weighted by Crippen LogP contribution is -2.45. The minimum Gasteiger partial charge on any atom is -0.342 e. The summed E-state index contributed by atoms with van der Waals surface area (Å²) in [6.07, 6.45) is 8.73. The Morgan fingerprint density at radius 1 is 0.600 bits per heavy atom. The first kappa shape index (κ1) is 13.9. The topological polar surface area (TPSA) is 40.6 Å². The van der Waals surface area contributed by atoms with Gasteiger partial charge in [0.2, 0.25) is 11.8 Å². The first-order valence-electron chi connectivity index (χ1n) is 8.33. The predicted octanol–water partition coefficient (Wildman–Crippen LogP) is 2.04. The highest BCUT2D eigenvalue weighted by Gasteiger charge is 2.36. The van der Waals surface area contributed by atoms with Crippen LogP contribution in [0.5, 0.6) is 0 Å².